The molecule has 3 rings (SSSR count). The molecule has 1 amide bonds. The molecule has 1 atom stereocenters. The average molecular weight is 387 g/mol. The largest absolute Gasteiger partial charge is 0.481 e. The molecule has 6 nitrogen and oxygen atoms in total. The quantitative estimate of drug-likeness (QED) is 0.851. The van der Waals surface area contributed by atoms with E-state index in [1.807, 2.05) is 6.07 Å². The maximum atomic E-state index is 12.7. The molecule has 142 valence electrons. The number of piperidine rings is 1. The van der Waals surface area contributed by atoms with Gasteiger partial charge in [-0.05, 0) is 36.6 Å². The van der Waals surface area contributed by atoms with Crippen molar-refractivity contribution in [2.75, 3.05) is 13.1 Å². The Morgan fingerprint density at radius 1 is 1.07 bits per heavy atom. The smallest absolute Gasteiger partial charge is 0.308 e. The summed E-state index contributed by atoms with van der Waals surface area (Å²) in [7, 11) is -3.59. The first-order valence-corrected chi connectivity index (χ1v) is 10.4. The van der Waals surface area contributed by atoms with E-state index in [2.05, 4.69) is 0 Å². The Labute approximate surface area is 158 Å². The summed E-state index contributed by atoms with van der Waals surface area (Å²) in [5.74, 6) is -1.96. The molecule has 1 saturated heterocycles. The molecule has 1 heterocycles. The minimum Gasteiger partial charge on any atom is -0.481 e. The topological polar surface area (TPSA) is 91.8 Å². The standard InChI is InChI=1S/C20H21NO5S/c22-19(21-11-5-9-17(13-21)20(23)24)16-8-4-10-18(12-16)27(25,26)14-15-6-2-1-3-7-15/h1-4,6-8,10,12,17H,5,9,11,13-14H2,(H,23,24)/t17-/m0/s1. The summed E-state index contributed by atoms with van der Waals surface area (Å²) in [6.07, 6.45) is 1.17. The van der Waals surface area contributed by atoms with Gasteiger partial charge in [-0.15, -0.1) is 0 Å². The van der Waals surface area contributed by atoms with Crippen LogP contribution in [-0.4, -0.2) is 43.4 Å². The molecular weight excluding hydrogens is 366 g/mol. The van der Waals surface area contributed by atoms with Gasteiger partial charge in [0.25, 0.3) is 5.91 Å². The van der Waals surface area contributed by atoms with Crippen molar-refractivity contribution >= 4 is 21.7 Å². The Bertz CT molecular complexity index is 940. The number of sulfone groups is 1. The van der Waals surface area contributed by atoms with Crippen molar-refractivity contribution < 1.29 is 23.1 Å². The lowest BCUT2D eigenvalue weighted by Crippen LogP contribution is -2.42. The molecule has 0 aliphatic carbocycles. The zero-order chi connectivity index (χ0) is 19.4. The van der Waals surface area contributed by atoms with Crippen molar-refractivity contribution in [3.63, 3.8) is 0 Å². The molecule has 0 radical (unpaired) electrons. The van der Waals surface area contributed by atoms with Gasteiger partial charge in [0.05, 0.1) is 16.6 Å². The van der Waals surface area contributed by atoms with E-state index in [0.29, 0.717) is 24.9 Å². The molecule has 2 aromatic carbocycles. The van der Waals surface area contributed by atoms with Crippen LogP contribution >= 0.6 is 0 Å². The summed E-state index contributed by atoms with van der Waals surface area (Å²) in [4.78, 5) is 25.5. The Morgan fingerprint density at radius 2 is 1.81 bits per heavy atom. The van der Waals surface area contributed by atoms with E-state index < -0.39 is 21.7 Å². The van der Waals surface area contributed by atoms with Crippen molar-refractivity contribution in [1.29, 1.82) is 0 Å². The molecule has 0 spiro atoms. The molecular formula is C20H21NO5S. The highest BCUT2D eigenvalue weighted by Gasteiger charge is 2.29. The third-order valence-corrected chi connectivity index (χ3v) is 6.38. The first-order chi connectivity index (χ1) is 12.9. The van der Waals surface area contributed by atoms with Gasteiger partial charge < -0.3 is 10.0 Å². The van der Waals surface area contributed by atoms with E-state index in [4.69, 9.17) is 0 Å². The highest BCUT2D eigenvalue weighted by Crippen LogP contribution is 2.22. The number of hydrogen-bond acceptors (Lipinski definition) is 4. The fourth-order valence-corrected chi connectivity index (χ4v) is 4.64. The second-order valence-electron chi connectivity index (χ2n) is 6.70. The second-order valence-corrected chi connectivity index (χ2v) is 8.69. The van der Waals surface area contributed by atoms with Gasteiger partial charge in [0.1, 0.15) is 0 Å². The molecule has 1 fully saturated rings. The van der Waals surface area contributed by atoms with Crippen LogP contribution in [0.2, 0.25) is 0 Å². The van der Waals surface area contributed by atoms with Gasteiger partial charge >= 0.3 is 5.97 Å². The number of carboxylic acids is 1. The number of benzene rings is 2. The van der Waals surface area contributed by atoms with Crippen LogP contribution in [0.3, 0.4) is 0 Å². The van der Waals surface area contributed by atoms with Crippen LogP contribution < -0.4 is 0 Å². The fraction of sp³-hybridized carbons (Fsp3) is 0.300. The second kappa shape index (κ2) is 7.92. The number of carboxylic acid groups (broad SMARTS) is 1. The number of aliphatic carboxylic acids is 1. The van der Waals surface area contributed by atoms with E-state index >= 15 is 0 Å². The van der Waals surface area contributed by atoms with Crippen molar-refractivity contribution in [3.05, 3.63) is 65.7 Å². The zero-order valence-corrected chi connectivity index (χ0v) is 15.6. The van der Waals surface area contributed by atoms with E-state index in [0.717, 1.165) is 0 Å². The van der Waals surface area contributed by atoms with Crippen LogP contribution in [0.1, 0.15) is 28.8 Å². The number of carbonyl (C=O) groups is 2. The Kier molecular flexibility index (Phi) is 5.60. The van der Waals surface area contributed by atoms with E-state index in [-0.39, 0.29) is 28.7 Å². The minimum atomic E-state index is -3.59. The van der Waals surface area contributed by atoms with Crippen molar-refractivity contribution in [1.82, 2.24) is 4.90 Å². The SMILES string of the molecule is O=C(O)[C@H]1CCCN(C(=O)c2cccc(S(=O)(=O)Cc3ccccc3)c2)C1. The minimum absolute atomic E-state index is 0.0870. The molecule has 0 bridgehead atoms. The molecule has 7 heteroatoms. The lowest BCUT2D eigenvalue weighted by Gasteiger charge is -2.30. The Balaban J connectivity index is 1.80. The van der Waals surface area contributed by atoms with Crippen LogP contribution in [0.5, 0.6) is 0 Å². The molecule has 1 aliphatic rings. The summed E-state index contributed by atoms with van der Waals surface area (Å²) < 4.78 is 25.4. The summed E-state index contributed by atoms with van der Waals surface area (Å²) in [5.41, 5.74) is 0.935. The van der Waals surface area contributed by atoms with Crippen LogP contribution in [-0.2, 0) is 20.4 Å². The summed E-state index contributed by atoms with van der Waals surface area (Å²) >= 11 is 0. The molecule has 27 heavy (non-hydrogen) atoms. The highest BCUT2D eigenvalue weighted by atomic mass is 32.2. The number of nitrogens with zero attached hydrogens (tertiary/aromatic N) is 1. The predicted octanol–water partition coefficient (Wildman–Crippen LogP) is 2.60. The molecule has 2 aromatic rings. The van der Waals surface area contributed by atoms with Crippen LogP contribution in [0.25, 0.3) is 0 Å². The van der Waals surface area contributed by atoms with Crippen molar-refractivity contribution in [2.24, 2.45) is 5.92 Å². The van der Waals surface area contributed by atoms with Gasteiger partial charge in [0, 0.05) is 18.7 Å². The number of likely N-dealkylation sites (tertiary alicyclic amines) is 1. The maximum absolute atomic E-state index is 12.7. The van der Waals surface area contributed by atoms with Gasteiger partial charge in [0.15, 0.2) is 9.84 Å². The normalized spacial score (nSPS) is 17.5. The van der Waals surface area contributed by atoms with Gasteiger partial charge in [-0.25, -0.2) is 8.42 Å². The van der Waals surface area contributed by atoms with Gasteiger partial charge in [-0.3, -0.25) is 9.59 Å². The van der Waals surface area contributed by atoms with Gasteiger partial charge in [-0.1, -0.05) is 36.4 Å². The average Bonchev–Trinajstić information content (AvgIpc) is 2.68. The monoisotopic (exact) mass is 387 g/mol. The lowest BCUT2D eigenvalue weighted by molar-refractivity contribution is -0.143. The van der Waals surface area contributed by atoms with Crippen LogP contribution in [0.4, 0.5) is 0 Å². The Morgan fingerprint density at radius 3 is 2.52 bits per heavy atom. The maximum Gasteiger partial charge on any atom is 0.308 e. The van der Waals surface area contributed by atoms with E-state index in [1.54, 1.807) is 36.4 Å². The van der Waals surface area contributed by atoms with Crippen molar-refractivity contribution in [2.45, 2.75) is 23.5 Å². The summed E-state index contributed by atoms with van der Waals surface area (Å²) in [5, 5.41) is 9.18. The Hall–Kier alpha value is -2.67. The van der Waals surface area contributed by atoms with E-state index in [9.17, 15) is 23.1 Å². The first-order valence-electron chi connectivity index (χ1n) is 8.75. The number of hydrogen-bond donors (Lipinski definition) is 1. The predicted molar refractivity (Wildman–Crippen MR) is 100 cm³/mol. The van der Waals surface area contributed by atoms with Crippen molar-refractivity contribution in [3.8, 4) is 0 Å². The van der Waals surface area contributed by atoms with Crippen LogP contribution in [0, 0.1) is 5.92 Å². The summed E-state index contributed by atoms with van der Waals surface area (Å²) in [6.45, 7) is 0.624. The molecule has 0 unspecified atom stereocenters. The summed E-state index contributed by atoms with van der Waals surface area (Å²) in [6, 6.07) is 14.8. The van der Waals surface area contributed by atoms with E-state index in [1.165, 1.54) is 17.0 Å². The third-order valence-electron chi connectivity index (χ3n) is 4.70. The zero-order valence-electron chi connectivity index (χ0n) is 14.7. The molecule has 1 aliphatic heterocycles. The number of carbonyl (C=O) groups excluding carboxylic acids is 1. The van der Waals surface area contributed by atoms with Gasteiger partial charge in [0.2, 0.25) is 0 Å². The first kappa shape index (κ1) is 19.1. The third kappa shape index (κ3) is 4.54. The van der Waals surface area contributed by atoms with Gasteiger partial charge in [-0.2, -0.15) is 0 Å². The molecule has 1 N–H and O–H groups in total. The van der Waals surface area contributed by atoms with Crippen LogP contribution in [0.15, 0.2) is 59.5 Å². The highest BCUT2D eigenvalue weighted by molar-refractivity contribution is 7.90. The molecule has 0 aromatic heterocycles. The number of rotatable bonds is 5. The lowest BCUT2D eigenvalue weighted by atomic mass is 9.97. The number of amides is 1. The molecule has 0 saturated carbocycles. The fourth-order valence-electron chi connectivity index (χ4n) is 3.25.